The molecule has 0 aromatic carbocycles. The Morgan fingerprint density at radius 3 is 1.61 bits per heavy atom. The van der Waals surface area contributed by atoms with Gasteiger partial charge in [0.05, 0.1) is 27.7 Å². The zero-order chi connectivity index (χ0) is 16.7. The highest BCUT2D eigenvalue weighted by atomic mass is 79.9. The van der Waals surface area contributed by atoms with E-state index in [1.807, 2.05) is 0 Å². The summed E-state index contributed by atoms with van der Waals surface area (Å²) in [6.07, 6.45) is 17.0. The number of rotatable bonds is 16. The number of nitrogens with one attached hydrogen (secondary N) is 1. The van der Waals surface area contributed by atoms with E-state index in [1.54, 1.807) is 0 Å². The van der Waals surface area contributed by atoms with Crippen molar-refractivity contribution >= 4 is 0 Å². The Labute approximate surface area is 158 Å². The third kappa shape index (κ3) is 22.4. The summed E-state index contributed by atoms with van der Waals surface area (Å²) in [4.78, 5) is 0. The molecule has 0 saturated heterocycles. The number of quaternary nitrogens is 1. The van der Waals surface area contributed by atoms with E-state index in [1.165, 1.54) is 90.1 Å². The fourth-order valence-electron chi connectivity index (χ4n) is 2.82. The zero-order valence-corrected chi connectivity index (χ0v) is 18.4. The molecule has 1 atom stereocenters. The van der Waals surface area contributed by atoms with Crippen molar-refractivity contribution in [3.05, 3.63) is 0 Å². The Balaban J connectivity index is 0. The Morgan fingerprint density at radius 1 is 0.739 bits per heavy atom. The van der Waals surface area contributed by atoms with Crippen LogP contribution in [0.4, 0.5) is 0 Å². The van der Waals surface area contributed by atoms with Crippen molar-refractivity contribution in [1.29, 1.82) is 0 Å². The molecule has 0 saturated carbocycles. The van der Waals surface area contributed by atoms with Crippen molar-refractivity contribution in [2.24, 2.45) is 0 Å². The standard InChI is InChI=1S/C20H45N2.BrH/c1-6-7-8-9-10-11-12-13-14-15-16-18-21-20(2)17-19-22(3,4)5;/h20-21H,6-19H2,1-5H3;1H/q+1;/p-1. The minimum atomic E-state index is 0. The van der Waals surface area contributed by atoms with Crippen LogP contribution in [0.1, 0.15) is 90.9 Å². The van der Waals surface area contributed by atoms with Gasteiger partial charge in [0, 0.05) is 12.5 Å². The maximum absolute atomic E-state index is 3.68. The number of unbranched alkanes of at least 4 members (excludes halogenated alkanes) is 10. The maximum Gasteiger partial charge on any atom is 0.0795 e. The van der Waals surface area contributed by atoms with Crippen LogP contribution in [-0.2, 0) is 0 Å². The van der Waals surface area contributed by atoms with E-state index < -0.39 is 0 Å². The average molecular weight is 393 g/mol. The first-order valence-electron chi connectivity index (χ1n) is 9.99. The molecule has 0 rings (SSSR count). The van der Waals surface area contributed by atoms with Crippen LogP contribution >= 0.6 is 0 Å². The summed E-state index contributed by atoms with van der Waals surface area (Å²) < 4.78 is 1.07. The Morgan fingerprint density at radius 2 is 1.17 bits per heavy atom. The second-order valence-corrected chi connectivity index (χ2v) is 8.19. The summed E-state index contributed by atoms with van der Waals surface area (Å²) in [6, 6.07) is 0.667. The molecule has 23 heavy (non-hydrogen) atoms. The molecule has 0 fully saturated rings. The van der Waals surface area contributed by atoms with Gasteiger partial charge in [0.2, 0.25) is 0 Å². The molecule has 0 aromatic rings. The van der Waals surface area contributed by atoms with E-state index in [-0.39, 0.29) is 17.0 Å². The first-order valence-corrected chi connectivity index (χ1v) is 9.99. The van der Waals surface area contributed by atoms with Gasteiger partial charge < -0.3 is 26.8 Å². The molecule has 0 heterocycles. The summed E-state index contributed by atoms with van der Waals surface area (Å²) >= 11 is 0. The van der Waals surface area contributed by atoms with Gasteiger partial charge in [-0.25, -0.2) is 0 Å². The van der Waals surface area contributed by atoms with Gasteiger partial charge in [-0.1, -0.05) is 71.1 Å². The summed E-state index contributed by atoms with van der Waals surface area (Å²) in [6.45, 7) is 7.08. The average Bonchev–Trinajstić information content (AvgIpc) is 2.45. The summed E-state index contributed by atoms with van der Waals surface area (Å²) in [5, 5.41) is 3.68. The lowest BCUT2D eigenvalue weighted by Crippen LogP contribution is -3.00. The lowest BCUT2D eigenvalue weighted by atomic mass is 10.1. The maximum atomic E-state index is 3.68. The normalized spacial score (nSPS) is 12.9. The third-order valence-electron chi connectivity index (χ3n) is 4.51. The van der Waals surface area contributed by atoms with Crippen LogP contribution in [-0.4, -0.2) is 44.8 Å². The first-order chi connectivity index (χ1) is 10.5. The topological polar surface area (TPSA) is 12.0 Å². The Kier molecular flexibility index (Phi) is 19.2. The monoisotopic (exact) mass is 392 g/mol. The highest BCUT2D eigenvalue weighted by Crippen LogP contribution is 2.11. The van der Waals surface area contributed by atoms with E-state index in [0.717, 1.165) is 4.48 Å². The SMILES string of the molecule is CCCCCCCCCCCCCNC(C)CC[N+](C)(C)C.[Br-]. The van der Waals surface area contributed by atoms with Gasteiger partial charge in [-0.3, -0.25) is 0 Å². The van der Waals surface area contributed by atoms with Gasteiger partial charge in [-0.15, -0.1) is 0 Å². The molecule has 0 aliphatic carbocycles. The number of nitrogens with zero attached hydrogens (tertiary/aromatic N) is 1. The van der Waals surface area contributed by atoms with Gasteiger partial charge in [0.25, 0.3) is 0 Å². The van der Waals surface area contributed by atoms with Crippen molar-refractivity contribution in [2.75, 3.05) is 34.2 Å². The molecule has 3 heteroatoms. The quantitative estimate of drug-likeness (QED) is 0.314. The van der Waals surface area contributed by atoms with Crippen LogP contribution in [0.3, 0.4) is 0 Å². The highest BCUT2D eigenvalue weighted by Gasteiger charge is 2.09. The van der Waals surface area contributed by atoms with Crippen molar-refractivity contribution in [3.63, 3.8) is 0 Å². The molecule has 1 unspecified atom stereocenters. The predicted molar refractivity (Wildman–Crippen MR) is 101 cm³/mol. The fraction of sp³-hybridized carbons (Fsp3) is 1.00. The first kappa shape index (κ1) is 25.6. The molecule has 142 valence electrons. The van der Waals surface area contributed by atoms with Crippen molar-refractivity contribution in [3.8, 4) is 0 Å². The Bertz CT molecular complexity index is 226. The van der Waals surface area contributed by atoms with Gasteiger partial charge in [-0.05, 0) is 19.9 Å². The number of hydrogen-bond acceptors (Lipinski definition) is 1. The largest absolute Gasteiger partial charge is 1.00 e. The lowest BCUT2D eigenvalue weighted by Gasteiger charge is -2.25. The van der Waals surface area contributed by atoms with E-state index in [4.69, 9.17) is 0 Å². The van der Waals surface area contributed by atoms with Crippen molar-refractivity contribution < 1.29 is 21.5 Å². The second kappa shape index (κ2) is 17.2. The van der Waals surface area contributed by atoms with Crippen LogP contribution in [0.2, 0.25) is 0 Å². The molecule has 0 spiro atoms. The summed E-state index contributed by atoms with van der Waals surface area (Å²) in [5.74, 6) is 0. The van der Waals surface area contributed by atoms with Crippen LogP contribution in [0.15, 0.2) is 0 Å². The number of hydrogen-bond donors (Lipinski definition) is 1. The van der Waals surface area contributed by atoms with Crippen molar-refractivity contribution in [2.45, 2.75) is 96.9 Å². The van der Waals surface area contributed by atoms with Gasteiger partial charge >= 0.3 is 0 Å². The zero-order valence-electron chi connectivity index (χ0n) is 16.8. The minimum Gasteiger partial charge on any atom is -1.00 e. The Hall–Kier alpha value is 0.400. The third-order valence-corrected chi connectivity index (χ3v) is 4.51. The fourth-order valence-corrected chi connectivity index (χ4v) is 2.82. The van der Waals surface area contributed by atoms with Crippen molar-refractivity contribution in [1.82, 2.24) is 5.32 Å². The van der Waals surface area contributed by atoms with E-state index >= 15 is 0 Å². The van der Waals surface area contributed by atoms with E-state index in [0.29, 0.717) is 6.04 Å². The minimum absolute atomic E-state index is 0. The smallest absolute Gasteiger partial charge is 0.0795 e. The molecule has 0 amide bonds. The molecule has 0 aliphatic heterocycles. The van der Waals surface area contributed by atoms with Gasteiger partial charge in [0.1, 0.15) is 0 Å². The molecule has 1 N–H and O–H groups in total. The predicted octanol–water partition coefficient (Wildman–Crippen LogP) is 2.38. The molecule has 0 aliphatic rings. The van der Waals surface area contributed by atoms with Crippen LogP contribution in [0.5, 0.6) is 0 Å². The van der Waals surface area contributed by atoms with Crippen LogP contribution < -0.4 is 22.3 Å². The number of halogens is 1. The van der Waals surface area contributed by atoms with E-state index in [2.05, 4.69) is 40.3 Å². The molecule has 0 radical (unpaired) electrons. The van der Waals surface area contributed by atoms with E-state index in [9.17, 15) is 0 Å². The molecule has 0 bridgehead atoms. The highest BCUT2D eigenvalue weighted by molar-refractivity contribution is 4.60. The summed E-state index contributed by atoms with van der Waals surface area (Å²) in [5.41, 5.74) is 0. The molecular formula is C20H45BrN2. The van der Waals surface area contributed by atoms with Gasteiger partial charge in [0.15, 0.2) is 0 Å². The molecular weight excluding hydrogens is 348 g/mol. The summed E-state index contributed by atoms with van der Waals surface area (Å²) in [7, 11) is 6.82. The van der Waals surface area contributed by atoms with Gasteiger partial charge in [-0.2, -0.15) is 0 Å². The van der Waals surface area contributed by atoms with Crippen LogP contribution in [0.25, 0.3) is 0 Å². The molecule has 0 aromatic heterocycles. The lowest BCUT2D eigenvalue weighted by molar-refractivity contribution is -0.870. The molecule has 2 nitrogen and oxygen atoms in total. The van der Waals surface area contributed by atoms with Crippen LogP contribution in [0, 0.1) is 0 Å². The second-order valence-electron chi connectivity index (χ2n) is 8.19.